The number of thiazole rings is 1. The standard InChI is InChI=1S/C15H16FN3OS/c1-8-6-9(16)2-4-11(8)14(20)19-15-18-12-5-3-10(17)7-13(12)21-15/h2,4,6,10H,3,5,7,17H2,1H3,(H,18,19,20)/t10-/m0/s1. The van der Waals surface area contributed by atoms with E-state index in [-0.39, 0.29) is 17.8 Å². The fraction of sp³-hybridized carbons (Fsp3) is 0.333. The molecule has 2 aromatic rings. The lowest BCUT2D eigenvalue weighted by Gasteiger charge is -2.15. The Hall–Kier alpha value is -1.79. The number of carbonyl (C=O) groups excluding carboxylic acids is 1. The molecule has 1 aromatic carbocycles. The molecule has 0 radical (unpaired) electrons. The molecule has 1 aromatic heterocycles. The molecule has 4 nitrogen and oxygen atoms in total. The SMILES string of the molecule is Cc1cc(F)ccc1C(=O)Nc1nc2c(s1)C[C@@H](N)CC2. The molecule has 0 saturated carbocycles. The third-order valence-electron chi connectivity index (χ3n) is 3.63. The summed E-state index contributed by atoms with van der Waals surface area (Å²) in [4.78, 5) is 17.8. The van der Waals surface area contributed by atoms with Crippen molar-refractivity contribution in [1.29, 1.82) is 0 Å². The molecule has 110 valence electrons. The second-order valence-corrected chi connectivity index (χ2v) is 6.39. The average Bonchev–Trinajstić information content (AvgIpc) is 2.79. The highest BCUT2D eigenvalue weighted by atomic mass is 32.1. The Labute approximate surface area is 126 Å². The lowest BCUT2D eigenvalue weighted by atomic mass is 9.99. The van der Waals surface area contributed by atoms with Crippen LogP contribution >= 0.6 is 11.3 Å². The van der Waals surface area contributed by atoms with Crippen LogP contribution in [0, 0.1) is 12.7 Å². The van der Waals surface area contributed by atoms with Crippen molar-refractivity contribution in [3.05, 3.63) is 45.7 Å². The first-order chi connectivity index (χ1) is 10.0. The number of aryl methyl sites for hydroxylation is 2. The molecule has 0 saturated heterocycles. The van der Waals surface area contributed by atoms with Gasteiger partial charge >= 0.3 is 0 Å². The van der Waals surface area contributed by atoms with E-state index in [2.05, 4.69) is 10.3 Å². The zero-order chi connectivity index (χ0) is 15.0. The Morgan fingerprint density at radius 1 is 1.52 bits per heavy atom. The van der Waals surface area contributed by atoms with E-state index < -0.39 is 0 Å². The summed E-state index contributed by atoms with van der Waals surface area (Å²) in [5.74, 6) is -0.606. The lowest BCUT2D eigenvalue weighted by molar-refractivity contribution is 0.102. The first-order valence-corrected chi connectivity index (χ1v) is 7.66. The summed E-state index contributed by atoms with van der Waals surface area (Å²) in [5.41, 5.74) is 8.04. The zero-order valence-electron chi connectivity index (χ0n) is 11.6. The Morgan fingerprint density at radius 3 is 3.10 bits per heavy atom. The summed E-state index contributed by atoms with van der Waals surface area (Å²) in [7, 11) is 0. The molecule has 0 aliphatic heterocycles. The number of aromatic nitrogens is 1. The van der Waals surface area contributed by atoms with E-state index in [1.54, 1.807) is 6.92 Å². The van der Waals surface area contributed by atoms with Gasteiger partial charge in [0.05, 0.1) is 5.69 Å². The summed E-state index contributed by atoms with van der Waals surface area (Å²) in [6.45, 7) is 1.71. The van der Waals surface area contributed by atoms with Crippen LogP contribution in [0.1, 0.15) is 32.9 Å². The molecule has 0 bridgehead atoms. The van der Waals surface area contributed by atoms with Gasteiger partial charge in [-0.15, -0.1) is 11.3 Å². The van der Waals surface area contributed by atoms with E-state index in [0.717, 1.165) is 29.8 Å². The van der Waals surface area contributed by atoms with Crippen molar-refractivity contribution in [2.24, 2.45) is 5.73 Å². The van der Waals surface area contributed by atoms with Crippen LogP contribution in [0.3, 0.4) is 0 Å². The van der Waals surface area contributed by atoms with Crippen molar-refractivity contribution >= 4 is 22.4 Å². The van der Waals surface area contributed by atoms with Crippen LogP contribution in [0.4, 0.5) is 9.52 Å². The van der Waals surface area contributed by atoms with Crippen LogP contribution in [0.15, 0.2) is 18.2 Å². The van der Waals surface area contributed by atoms with E-state index >= 15 is 0 Å². The summed E-state index contributed by atoms with van der Waals surface area (Å²) in [6, 6.07) is 4.30. The van der Waals surface area contributed by atoms with Crippen molar-refractivity contribution in [2.75, 3.05) is 5.32 Å². The largest absolute Gasteiger partial charge is 0.327 e. The quantitative estimate of drug-likeness (QED) is 0.896. The van der Waals surface area contributed by atoms with Crippen LogP contribution in [0.5, 0.6) is 0 Å². The summed E-state index contributed by atoms with van der Waals surface area (Å²) < 4.78 is 13.1. The third kappa shape index (κ3) is 2.96. The summed E-state index contributed by atoms with van der Waals surface area (Å²) in [6.07, 6.45) is 2.61. The summed E-state index contributed by atoms with van der Waals surface area (Å²) in [5, 5.41) is 3.38. The molecular weight excluding hydrogens is 289 g/mol. The summed E-state index contributed by atoms with van der Waals surface area (Å²) >= 11 is 1.47. The Bertz CT molecular complexity index is 698. The molecule has 0 unspecified atom stereocenters. The highest BCUT2D eigenvalue weighted by Crippen LogP contribution is 2.29. The van der Waals surface area contributed by atoms with Gasteiger partial charge in [0.1, 0.15) is 5.82 Å². The van der Waals surface area contributed by atoms with Crippen LogP contribution < -0.4 is 11.1 Å². The van der Waals surface area contributed by atoms with Gasteiger partial charge in [0.15, 0.2) is 5.13 Å². The predicted octanol–water partition coefficient (Wildman–Crippen LogP) is 2.66. The fourth-order valence-electron chi connectivity index (χ4n) is 2.50. The number of nitrogens with two attached hydrogens (primary N) is 1. The van der Waals surface area contributed by atoms with E-state index in [4.69, 9.17) is 5.73 Å². The number of amides is 1. The molecule has 0 spiro atoms. The number of hydrogen-bond donors (Lipinski definition) is 2. The number of nitrogens with zero attached hydrogens (tertiary/aromatic N) is 1. The maximum Gasteiger partial charge on any atom is 0.257 e. The first-order valence-electron chi connectivity index (χ1n) is 6.84. The maximum absolute atomic E-state index is 13.1. The Balaban J connectivity index is 1.79. The van der Waals surface area contributed by atoms with E-state index in [9.17, 15) is 9.18 Å². The molecule has 1 aliphatic carbocycles. The molecule has 3 N–H and O–H groups in total. The topological polar surface area (TPSA) is 68.0 Å². The van der Waals surface area contributed by atoms with Gasteiger partial charge in [0.25, 0.3) is 5.91 Å². The van der Waals surface area contributed by atoms with Crippen LogP contribution in [0.2, 0.25) is 0 Å². The third-order valence-corrected chi connectivity index (χ3v) is 4.67. The molecule has 1 aliphatic rings. The maximum atomic E-state index is 13.1. The number of nitrogens with one attached hydrogen (secondary N) is 1. The molecule has 1 atom stereocenters. The average molecular weight is 305 g/mol. The molecule has 6 heteroatoms. The van der Waals surface area contributed by atoms with Crippen molar-refractivity contribution in [1.82, 2.24) is 4.98 Å². The predicted molar refractivity (Wildman–Crippen MR) is 81.2 cm³/mol. The molecule has 3 rings (SSSR count). The van der Waals surface area contributed by atoms with Crippen LogP contribution in [0.25, 0.3) is 0 Å². The van der Waals surface area contributed by atoms with Gasteiger partial charge in [-0.3, -0.25) is 10.1 Å². The fourth-order valence-corrected chi connectivity index (χ4v) is 3.60. The number of hydrogen-bond acceptors (Lipinski definition) is 4. The minimum Gasteiger partial charge on any atom is -0.327 e. The van der Waals surface area contributed by atoms with Gasteiger partial charge in [0.2, 0.25) is 0 Å². The van der Waals surface area contributed by atoms with Gasteiger partial charge in [-0.25, -0.2) is 9.37 Å². The number of benzene rings is 1. The van der Waals surface area contributed by atoms with Crippen molar-refractivity contribution in [2.45, 2.75) is 32.2 Å². The number of carbonyl (C=O) groups is 1. The van der Waals surface area contributed by atoms with Gasteiger partial charge in [-0.2, -0.15) is 0 Å². The van der Waals surface area contributed by atoms with Gasteiger partial charge < -0.3 is 5.73 Å². The first kappa shape index (κ1) is 14.2. The number of anilines is 1. The van der Waals surface area contributed by atoms with Gasteiger partial charge in [-0.1, -0.05) is 0 Å². The van der Waals surface area contributed by atoms with Crippen molar-refractivity contribution in [3.8, 4) is 0 Å². The van der Waals surface area contributed by atoms with Crippen LogP contribution in [-0.4, -0.2) is 16.9 Å². The van der Waals surface area contributed by atoms with E-state index in [1.807, 2.05) is 0 Å². The number of rotatable bonds is 2. The number of fused-ring (bicyclic) bond motifs is 1. The number of halogens is 1. The molecule has 0 fully saturated rings. The monoisotopic (exact) mass is 305 g/mol. The minimum absolute atomic E-state index is 0.181. The molecule has 21 heavy (non-hydrogen) atoms. The highest BCUT2D eigenvalue weighted by Gasteiger charge is 2.21. The van der Waals surface area contributed by atoms with Crippen molar-refractivity contribution in [3.63, 3.8) is 0 Å². The van der Waals surface area contributed by atoms with E-state index in [0.29, 0.717) is 16.3 Å². The van der Waals surface area contributed by atoms with Crippen molar-refractivity contribution < 1.29 is 9.18 Å². The Kier molecular flexibility index (Phi) is 3.73. The molecule has 1 amide bonds. The second kappa shape index (κ2) is 5.54. The van der Waals surface area contributed by atoms with Gasteiger partial charge in [0, 0.05) is 16.5 Å². The Morgan fingerprint density at radius 2 is 2.33 bits per heavy atom. The normalized spacial score (nSPS) is 17.4. The zero-order valence-corrected chi connectivity index (χ0v) is 12.5. The van der Waals surface area contributed by atoms with E-state index in [1.165, 1.54) is 29.5 Å². The highest BCUT2D eigenvalue weighted by molar-refractivity contribution is 7.15. The molecular formula is C15H16FN3OS. The minimum atomic E-state index is -0.345. The second-order valence-electron chi connectivity index (χ2n) is 5.31. The molecule has 1 heterocycles. The smallest absolute Gasteiger partial charge is 0.257 e. The lowest BCUT2D eigenvalue weighted by Crippen LogP contribution is -2.27. The van der Waals surface area contributed by atoms with Crippen LogP contribution in [-0.2, 0) is 12.8 Å². The van der Waals surface area contributed by atoms with Gasteiger partial charge in [-0.05, 0) is 49.9 Å².